The molecule has 146 valence electrons. The van der Waals surface area contributed by atoms with Gasteiger partial charge in [0.15, 0.2) is 0 Å². The Balaban J connectivity index is 1.60. The van der Waals surface area contributed by atoms with Gasteiger partial charge in [-0.15, -0.1) is 10.2 Å². The van der Waals surface area contributed by atoms with Gasteiger partial charge in [0, 0.05) is 25.3 Å². The van der Waals surface area contributed by atoms with E-state index in [9.17, 15) is 13.2 Å². The van der Waals surface area contributed by atoms with Crippen molar-refractivity contribution in [3.63, 3.8) is 0 Å². The largest absolute Gasteiger partial charge is 0.411 e. The molecular formula is C18H18N4O4S2. The van der Waals surface area contributed by atoms with Crippen molar-refractivity contribution in [3.05, 3.63) is 54.6 Å². The summed E-state index contributed by atoms with van der Waals surface area (Å²) in [5, 5.41) is 10.8. The minimum absolute atomic E-state index is 0.0427. The Hall–Kier alpha value is -2.69. The molecule has 0 fully saturated rings. The zero-order valence-corrected chi connectivity index (χ0v) is 16.8. The first-order valence-corrected chi connectivity index (χ1v) is 10.6. The van der Waals surface area contributed by atoms with E-state index in [1.54, 1.807) is 12.1 Å². The number of sulfonamides is 1. The van der Waals surface area contributed by atoms with E-state index in [2.05, 4.69) is 15.5 Å². The first-order chi connectivity index (χ1) is 13.4. The summed E-state index contributed by atoms with van der Waals surface area (Å²) in [5.41, 5.74) is 1.19. The molecule has 0 radical (unpaired) electrons. The second-order valence-electron chi connectivity index (χ2n) is 5.89. The summed E-state index contributed by atoms with van der Waals surface area (Å²) in [5.74, 6) is 0.107. The van der Waals surface area contributed by atoms with Gasteiger partial charge in [0.25, 0.3) is 5.22 Å². The Bertz CT molecular complexity index is 1070. The van der Waals surface area contributed by atoms with Gasteiger partial charge >= 0.3 is 0 Å². The molecular weight excluding hydrogens is 400 g/mol. The molecule has 2 aromatic carbocycles. The molecule has 3 rings (SSSR count). The third kappa shape index (κ3) is 4.77. The fourth-order valence-corrected chi connectivity index (χ4v) is 3.75. The number of hydrogen-bond acceptors (Lipinski definition) is 7. The van der Waals surface area contributed by atoms with Gasteiger partial charge in [-0.3, -0.25) is 4.79 Å². The van der Waals surface area contributed by atoms with Gasteiger partial charge in [-0.25, -0.2) is 12.7 Å². The van der Waals surface area contributed by atoms with E-state index in [1.165, 1.54) is 26.2 Å². The standard InChI is InChI=1S/C18H18N4O4S2/c1-22(2)28(24,25)15-10-6-9-14(11-15)19-16(23)12-27-18-21-20-17(26-18)13-7-4-3-5-8-13/h3-11H,12H2,1-2H3,(H,19,23). The average Bonchev–Trinajstić information content (AvgIpc) is 3.16. The van der Waals surface area contributed by atoms with Crippen molar-refractivity contribution in [2.75, 3.05) is 25.2 Å². The number of rotatable bonds is 7. The number of carbonyl (C=O) groups excluding carboxylic acids is 1. The van der Waals surface area contributed by atoms with E-state index in [4.69, 9.17) is 4.42 Å². The normalized spacial score (nSPS) is 11.5. The predicted molar refractivity (Wildman–Crippen MR) is 106 cm³/mol. The first kappa shape index (κ1) is 20.1. The van der Waals surface area contributed by atoms with Crippen LogP contribution < -0.4 is 5.32 Å². The lowest BCUT2D eigenvalue weighted by atomic mass is 10.2. The molecule has 8 nitrogen and oxygen atoms in total. The van der Waals surface area contributed by atoms with Crippen LogP contribution in [0, 0.1) is 0 Å². The number of anilines is 1. The second kappa shape index (κ2) is 8.55. The predicted octanol–water partition coefficient (Wildman–Crippen LogP) is 2.72. The van der Waals surface area contributed by atoms with Crippen LogP contribution in [0.15, 0.2) is 69.1 Å². The fourth-order valence-electron chi connectivity index (χ4n) is 2.23. The van der Waals surface area contributed by atoms with Crippen molar-refractivity contribution in [2.24, 2.45) is 0 Å². The minimum Gasteiger partial charge on any atom is -0.411 e. The number of carbonyl (C=O) groups is 1. The Morgan fingerprint density at radius 2 is 1.86 bits per heavy atom. The SMILES string of the molecule is CN(C)S(=O)(=O)c1cccc(NC(=O)CSc2nnc(-c3ccccc3)o2)c1. The van der Waals surface area contributed by atoms with Gasteiger partial charge < -0.3 is 9.73 Å². The number of benzene rings is 2. The van der Waals surface area contributed by atoms with Crippen LogP contribution in [-0.2, 0) is 14.8 Å². The van der Waals surface area contributed by atoms with E-state index in [0.717, 1.165) is 21.6 Å². The summed E-state index contributed by atoms with van der Waals surface area (Å²) in [6.07, 6.45) is 0. The van der Waals surface area contributed by atoms with Crippen LogP contribution >= 0.6 is 11.8 Å². The maximum atomic E-state index is 12.2. The Labute approximate surface area is 167 Å². The highest BCUT2D eigenvalue weighted by molar-refractivity contribution is 7.99. The number of nitrogens with one attached hydrogen (secondary N) is 1. The molecule has 28 heavy (non-hydrogen) atoms. The van der Waals surface area contributed by atoms with Crippen molar-refractivity contribution in [2.45, 2.75) is 10.1 Å². The van der Waals surface area contributed by atoms with Crippen LogP contribution in [0.1, 0.15) is 0 Å². The number of aromatic nitrogens is 2. The van der Waals surface area contributed by atoms with Gasteiger partial charge in [0.1, 0.15) is 0 Å². The number of nitrogens with zero attached hydrogens (tertiary/aromatic N) is 3. The Kier molecular flexibility index (Phi) is 6.12. The molecule has 10 heteroatoms. The molecule has 1 N–H and O–H groups in total. The van der Waals surface area contributed by atoms with E-state index in [1.807, 2.05) is 30.3 Å². The Morgan fingerprint density at radius 3 is 2.57 bits per heavy atom. The molecule has 0 saturated heterocycles. The highest BCUT2D eigenvalue weighted by atomic mass is 32.2. The van der Waals surface area contributed by atoms with E-state index < -0.39 is 10.0 Å². The maximum absolute atomic E-state index is 12.2. The van der Waals surface area contributed by atoms with E-state index in [0.29, 0.717) is 11.6 Å². The van der Waals surface area contributed by atoms with Gasteiger partial charge in [0.2, 0.25) is 21.8 Å². The quantitative estimate of drug-likeness (QED) is 0.588. The summed E-state index contributed by atoms with van der Waals surface area (Å²) >= 11 is 1.10. The zero-order chi connectivity index (χ0) is 20.1. The van der Waals surface area contributed by atoms with Crippen LogP contribution in [0.25, 0.3) is 11.5 Å². The molecule has 0 atom stereocenters. The molecule has 1 aromatic heterocycles. The van der Waals surface area contributed by atoms with Crippen molar-refractivity contribution in [1.82, 2.24) is 14.5 Å². The first-order valence-electron chi connectivity index (χ1n) is 8.20. The second-order valence-corrected chi connectivity index (χ2v) is 8.97. The molecule has 0 aliphatic rings. The fraction of sp³-hybridized carbons (Fsp3) is 0.167. The zero-order valence-electron chi connectivity index (χ0n) is 15.2. The lowest BCUT2D eigenvalue weighted by molar-refractivity contribution is -0.113. The molecule has 1 heterocycles. The molecule has 0 aliphatic heterocycles. The monoisotopic (exact) mass is 418 g/mol. The van der Waals surface area contributed by atoms with Crippen LogP contribution in [0.2, 0.25) is 0 Å². The van der Waals surface area contributed by atoms with Crippen molar-refractivity contribution in [1.29, 1.82) is 0 Å². The highest BCUT2D eigenvalue weighted by Gasteiger charge is 2.18. The summed E-state index contributed by atoms with van der Waals surface area (Å²) in [4.78, 5) is 12.3. The molecule has 0 spiro atoms. The number of thioether (sulfide) groups is 1. The minimum atomic E-state index is -3.57. The summed E-state index contributed by atoms with van der Waals surface area (Å²) in [6, 6.07) is 15.4. The highest BCUT2D eigenvalue weighted by Crippen LogP contribution is 2.23. The molecule has 3 aromatic rings. The summed E-state index contributed by atoms with van der Waals surface area (Å²) in [6.45, 7) is 0. The third-order valence-electron chi connectivity index (χ3n) is 3.65. The number of hydrogen-bond donors (Lipinski definition) is 1. The molecule has 0 bridgehead atoms. The van der Waals surface area contributed by atoms with Gasteiger partial charge in [-0.1, -0.05) is 36.0 Å². The van der Waals surface area contributed by atoms with Crippen LogP contribution in [-0.4, -0.2) is 48.7 Å². The summed E-state index contributed by atoms with van der Waals surface area (Å²) < 4.78 is 31.0. The van der Waals surface area contributed by atoms with Crippen molar-refractivity contribution in [3.8, 4) is 11.5 Å². The lowest BCUT2D eigenvalue weighted by Crippen LogP contribution is -2.22. The van der Waals surface area contributed by atoms with Crippen LogP contribution in [0.4, 0.5) is 5.69 Å². The smallest absolute Gasteiger partial charge is 0.277 e. The summed E-state index contributed by atoms with van der Waals surface area (Å²) in [7, 11) is -0.671. The molecule has 0 unspecified atom stereocenters. The van der Waals surface area contributed by atoms with Gasteiger partial charge in [-0.05, 0) is 30.3 Å². The lowest BCUT2D eigenvalue weighted by Gasteiger charge is -2.12. The molecule has 0 aliphatic carbocycles. The van der Waals surface area contributed by atoms with Crippen molar-refractivity contribution >= 4 is 33.4 Å². The van der Waals surface area contributed by atoms with Gasteiger partial charge in [0.05, 0.1) is 10.6 Å². The Morgan fingerprint density at radius 1 is 1.11 bits per heavy atom. The van der Waals surface area contributed by atoms with Crippen molar-refractivity contribution < 1.29 is 17.6 Å². The van der Waals surface area contributed by atoms with E-state index >= 15 is 0 Å². The van der Waals surface area contributed by atoms with Gasteiger partial charge in [-0.2, -0.15) is 0 Å². The topological polar surface area (TPSA) is 105 Å². The molecule has 0 saturated carbocycles. The average molecular weight is 419 g/mol. The third-order valence-corrected chi connectivity index (χ3v) is 6.28. The van der Waals surface area contributed by atoms with Crippen LogP contribution in [0.3, 0.4) is 0 Å². The molecule has 1 amide bonds. The maximum Gasteiger partial charge on any atom is 0.277 e. The van der Waals surface area contributed by atoms with E-state index in [-0.39, 0.29) is 21.8 Å². The van der Waals surface area contributed by atoms with Crippen LogP contribution in [0.5, 0.6) is 0 Å². The number of amides is 1.